The van der Waals surface area contributed by atoms with E-state index in [1.54, 1.807) is 18.2 Å². The lowest BCUT2D eigenvalue weighted by atomic mass is 10.1. The normalized spacial score (nSPS) is 10.6. The largest absolute Gasteiger partial charge is 0.492 e. The van der Waals surface area contributed by atoms with Gasteiger partial charge in [-0.25, -0.2) is 0 Å². The molecular formula is C15H24N2O3. The van der Waals surface area contributed by atoms with E-state index in [1.165, 1.54) is 0 Å². The summed E-state index contributed by atoms with van der Waals surface area (Å²) in [5.74, 6) is 0.416. The molecule has 5 heteroatoms. The number of nitrogens with one attached hydrogen (secondary N) is 1. The Hall–Kier alpha value is -1.75. The van der Waals surface area contributed by atoms with Gasteiger partial charge in [0.2, 0.25) is 0 Å². The van der Waals surface area contributed by atoms with E-state index >= 15 is 0 Å². The Morgan fingerprint density at radius 3 is 2.80 bits per heavy atom. The van der Waals surface area contributed by atoms with Crippen molar-refractivity contribution in [2.75, 3.05) is 25.5 Å². The third-order valence-electron chi connectivity index (χ3n) is 2.63. The van der Waals surface area contributed by atoms with E-state index in [1.807, 2.05) is 20.8 Å². The maximum Gasteiger partial charge on any atom is 0.251 e. The molecule has 0 saturated carbocycles. The van der Waals surface area contributed by atoms with Crippen LogP contribution in [-0.2, 0) is 4.74 Å². The zero-order valence-electron chi connectivity index (χ0n) is 12.4. The lowest BCUT2D eigenvalue weighted by Crippen LogP contribution is -2.25. The minimum Gasteiger partial charge on any atom is -0.492 e. The van der Waals surface area contributed by atoms with Crippen molar-refractivity contribution in [1.82, 2.24) is 5.32 Å². The van der Waals surface area contributed by atoms with Crippen LogP contribution in [0.5, 0.6) is 5.75 Å². The van der Waals surface area contributed by atoms with Crippen molar-refractivity contribution in [2.45, 2.75) is 33.3 Å². The Morgan fingerprint density at radius 2 is 2.15 bits per heavy atom. The van der Waals surface area contributed by atoms with Gasteiger partial charge in [0.1, 0.15) is 5.75 Å². The molecule has 1 rings (SSSR count). The molecule has 0 spiro atoms. The molecule has 0 aliphatic carbocycles. The highest BCUT2D eigenvalue weighted by atomic mass is 16.5. The second-order valence-corrected chi connectivity index (χ2v) is 4.71. The first kappa shape index (κ1) is 16.3. The van der Waals surface area contributed by atoms with Crippen LogP contribution in [0.4, 0.5) is 5.69 Å². The van der Waals surface area contributed by atoms with Gasteiger partial charge in [-0.05, 0) is 45.4 Å². The van der Waals surface area contributed by atoms with Crippen molar-refractivity contribution in [3.8, 4) is 5.75 Å². The molecule has 20 heavy (non-hydrogen) atoms. The van der Waals surface area contributed by atoms with Gasteiger partial charge in [0.15, 0.2) is 0 Å². The molecule has 0 atom stereocenters. The van der Waals surface area contributed by atoms with Gasteiger partial charge in [0.05, 0.1) is 18.4 Å². The van der Waals surface area contributed by atoms with Crippen LogP contribution >= 0.6 is 0 Å². The van der Waals surface area contributed by atoms with Gasteiger partial charge in [0, 0.05) is 18.7 Å². The highest BCUT2D eigenvalue weighted by Gasteiger charge is 2.08. The molecule has 0 bridgehead atoms. The first-order chi connectivity index (χ1) is 9.54. The quantitative estimate of drug-likeness (QED) is 0.565. The van der Waals surface area contributed by atoms with Crippen LogP contribution in [0.2, 0.25) is 0 Å². The summed E-state index contributed by atoms with van der Waals surface area (Å²) in [6, 6.07) is 5.04. The number of benzene rings is 1. The molecule has 0 aliphatic rings. The van der Waals surface area contributed by atoms with Crippen molar-refractivity contribution < 1.29 is 14.3 Å². The molecule has 0 aliphatic heterocycles. The van der Waals surface area contributed by atoms with E-state index in [-0.39, 0.29) is 12.0 Å². The molecule has 0 saturated heterocycles. The predicted octanol–water partition coefficient (Wildman–Crippen LogP) is 2.21. The molecule has 0 heterocycles. The van der Waals surface area contributed by atoms with Crippen LogP contribution in [0.3, 0.4) is 0 Å². The van der Waals surface area contributed by atoms with Crippen LogP contribution in [-0.4, -0.2) is 31.8 Å². The monoisotopic (exact) mass is 280 g/mol. The molecule has 1 aromatic carbocycles. The van der Waals surface area contributed by atoms with Crippen molar-refractivity contribution >= 4 is 11.6 Å². The number of carbonyl (C=O) groups excluding carboxylic acids is 1. The Balaban J connectivity index is 2.45. The Labute approximate surface area is 120 Å². The van der Waals surface area contributed by atoms with Crippen molar-refractivity contribution in [3.63, 3.8) is 0 Å². The van der Waals surface area contributed by atoms with Crippen molar-refractivity contribution in [1.29, 1.82) is 0 Å². The van der Waals surface area contributed by atoms with Crippen LogP contribution in [0.25, 0.3) is 0 Å². The van der Waals surface area contributed by atoms with Crippen LogP contribution in [0, 0.1) is 0 Å². The maximum absolute atomic E-state index is 12.0. The summed E-state index contributed by atoms with van der Waals surface area (Å²) in [7, 11) is 0. The molecule has 0 fully saturated rings. The zero-order chi connectivity index (χ0) is 15.0. The Bertz CT molecular complexity index is 433. The molecular weight excluding hydrogens is 256 g/mol. The highest BCUT2D eigenvalue weighted by Crippen LogP contribution is 2.22. The molecule has 5 nitrogen and oxygen atoms in total. The van der Waals surface area contributed by atoms with Gasteiger partial charge in [-0.1, -0.05) is 0 Å². The smallest absolute Gasteiger partial charge is 0.251 e. The minimum absolute atomic E-state index is 0.129. The number of hydrogen-bond donors (Lipinski definition) is 2. The van der Waals surface area contributed by atoms with Gasteiger partial charge < -0.3 is 20.5 Å². The first-order valence-corrected chi connectivity index (χ1v) is 6.96. The molecule has 0 unspecified atom stereocenters. The summed E-state index contributed by atoms with van der Waals surface area (Å²) in [5.41, 5.74) is 6.85. The fraction of sp³-hybridized carbons (Fsp3) is 0.533. The highest BCUT2D eigenvalue weighted by molar-refractivity contribution is 5.95. The third kappa shape index (κ3) is 5.48. The summed E-state index contributed by atoms with van der Waals surface area (Å²) in [6.07, 6.45) is 1.01. The standard InChI is InChI=1S/C15H24N2O3/c1-4-19-14-10-12(6-7-13(14)16)15(18)17-8-5-9-20-11(2)3/h6-7,10-11H,4-5,8-9,16H2,1-3H3,(H,17,18). The summed E-state index contributed by atoms with van der Waals surface area (Å²) in [5, 5.41) is 2.85. The average Bonchev–Trinajstić information content (AvgIpc) is 2.40. The molecule has 3 N–H and O–H groups in total. The molecule has 0 aromatic heterocycles. The van der Waals surface area contributed by atoms with E-state index in [9.17, 15) is 4.79 Å². The Morgan fingerprint density at radius 1 is 1.40 bits per heavy atom. The van der Waals surface area contributed by atoms with Gasteiger partial charge in [-0.3, -0.25) is 4.79 Å². The number of nitrogen functional groups attached to an aromatic ring is 1. The molecule has 1 amide bonds. The van der Waals surface area contributed by atoms with E-state index < -0.39 is 0 Å². The van der Waals surface area contributed by atoms with Crippen LogP contribution in [0.15, 0.2) is 18.2 Å². The number of amides is 1. The summed E-state index contributed by atoms with van der Waals surface area (Å²) < 4.78 is 10.8. The second kappa shape index (κ2) is 8.43. The average molecular weight is 280 g/mol. The van der Waals surface area contributed by atoms with E-state index in [0.29, 0.717) is 36.8 Å². The zero-order valence-corrected chi connectivity index (χ0v) is 12.4. The van der Waals surface area contributed by atoms with Gasteiger partial charge in [0.25, 0.3) is 5.91 Å². The Kier molecular flexibility index (Phi) is 6.87. The van der Waals surface area contributed by atoms with Crippen molar-refractivity contribution in [2.24, 2.45) is 0 Å². The van der Waals surface area contributed by atoms with E-state index in [2.05, 4.69) is 5.32 Å². The maximum atomic E-state index is 12.0. The van der Waals surface area contributed by atoms with Gasteiger partial charge in [-0.15, -0.1) is 0 Å². The number of rotatable bonds is 8. The number of anilines is 1. The van der Waals surface area contributed by atoms with Crippen LogP contribution < -0.4 is 15.8 Å². The number of ether oxygens (including phenoxy) is 2. The molecule has 0 radical (unpaired) electrons. The predicted molar refractivity (Wildman–Crippen MR) is 80.1 cm³/mol. The number of hydrogen-bond acceptors (Lipinski definition) is 4. The molecule has 1 aromatic rings. The SMILES string of the molecule is CCOc1cc(C(=O)NCCCOC(C)C)ccc1N. The first-order valence-electron chi connectivity index (χ1n) is 6.96. The summed E-state index contributed by atoms with van der Waals surface area (Å²) >= 11 is 0. The summed E-state index contributed by atoms with van der Waals surface area (Å²) in [4.78, 5) is 12.0. The van der Waals surface area contributed by atoms with Gasteiger partial charge in [-0.2, -0.15) is 0 Å². The lowest BCUT2D eigenvalue weighted by Gasteiger charge is -2.10. The number of carbonyl (C=O) groups is 1. The van der Waals surface area contributed by atoms with Crippen molar-refractivity contribution in [3.05, 3.63) is 23.8 Å². The number of nitrogens with two attached hydrogens (primary N) is 1. The fourth-order valence-electron chi connectivity index (χ4n) is 1.65. The molecule has 112 valence electrons. The van der Waals surface area contributed by atoms with Gasteiger partial charge >= 0.3 is 0 Å². The van der Waals surface area contributed by atoms with E-state index in [4.69, 9.17) is 15.2 Å². The summed E-state index contributed by atoms with van der Waals surface area (Å²) in [6.45, 7) is 7.59. The topological polar surface area (TPSA) is 73.6 Å². The fourth-order valence-corrected chi connectivity index (χ4v) is 1.65. The minimum atomic E-state index is -0.129. The van der Waals surface area contributed by atoms with Crippen LogP contribution in [0.1, 0.15) is 37.6 Å². The van der Waals surface area contributed by atoms with E-state index in [0.717, 1.165) is 6.42 Å². The third-order valence-corrected chi connectivity index (χ3v) is 2.63. The second-order valence-electron chi connectivity index (χ2n) is 4.71. The lowest BCUT2D eigenvalue weighted by molar-refractivity contribution is 0.0757.